The molecule has 23 heavy (non-hydrogen) atoms. The van der Waals surface area contributed by atoms with Crippen LogP contribution in [0.2, 0.25) is 0 Å². The SMILES string of the molecule is C=C/C=C(\C=C/C)c1onc2ccc(/C(=N/OC)NC=O)cc12. The molecule has 0 atom stereocenters. The van der Waals surface area contributed by atoms with Crippen molar-refractivity contribution in [2.75, 3.05) is 7.11 Å². The third-order valence-corrected chi connectivity index (χ3v) is 3.03. The predicted molar refractivity (Wildman–Crippen MR) is 89.7 cm³/mol. The Kier molecular flexibility index (Phi) is 5.46. The van der Waals surface area contributed by atoms with Gasteiger partial charge in [0.15, 0.2) is 11.6 Å². The molecule has 6 heteroatoms. The highest BCUT2D eigenvalue weighted by molar-refractivity contribution is 6.06. The molecule has 0 unspecified atom stereocenters. The summed E-state index contributed by atoms with van der Waals surface area (Å²) >= 11 is 0. The normalized spacial score (nSPS) is 12.6. The average molecular weight is 311 g/mol. The van der Waals surface area contributed by atoms with Gasteiger partial charge in [0.2, 0.25) is 6.41 Å². The van der Waals surface area contributed by atoms with Gasteiger partial charge in [-0.15, -0.1) is 0 Å². The number of carbonyl (C=O) groups excluding carboxylic acids is 1. The van der Waals surface area contributed by atoms with Gasteiger partial charge in [0.05, 0.1) is 5.39 Å². The van der Waals surface area contributed by atoms with Gasteiger partial charge in [-0.05, 0) is 25.1 Å². The molecule has 0 radical (unpaired) electrons. The first kappa shape index (κ1) is 16.2. The van der Waals surface area contributed by atoms with E-state index in [9.17, 15) is 4.79 Å². The van der Waals surface area contributed by atoms with Gasteiger partial charge >= 0.3 is 0 Å². The van der Waals surface area contributed by atoms with Crippen LogP contribution in [0, 0.1) is 0 Å². The molecule has 0 saturated carbocycles. The summed E-state index contributed by atoms with van der Waals surface area (Å²) in [6, 6.07) is 5.39. The summed E-state index contributed by atoms with van der Waals surface area (Å²) in [6.45, 7) is 5.63. The number of aromatic nitrogens is 1. The summed E-state index contributed by atoms with van der Waals surface area (Å²) in [5, 5.41) is 11.2. The van der Waals surface area contributed by atoms with E-state index in [-0.39, 0.29) is 0 Å². The molecule has 0 spiro atoms. The fraction of sp³-hybridized carbons (Fsp3) is 0.118. The number of rotatable bonds is 6. The lowest BCUT2D eigenvalue weighted by molar-refractivity contribution is -0.108. The molecule has 118 valence electrons. The van der Waals surface area contributed by atoms with Crippen molar-refractivity contribution in [1.82, 2.24) is 10.5 Å². The summed E-state index contributed by atoms with van der Waals surface area (Å²) in [4.78, 5) is 15.5. The van der Waals surface area contributed by atoms with Crippen molar-refractivity contribution in [3.05, 3.63) is 60.4 Å². The number of hydrogen-bond acceptors (Lipinski definition) is 5. The van der Waals surface area contributed by atoms with Crippen molar-refractivity contribution in [3.8, 4) is 0 Å². The number of fused-ring (bicyclic) bond motifs is 1. The van der Waals surface area contributed by atoms with Gasteiger partial charge in [-0.1, -0.05) is 41.2 Å². The van der Waals surface area contributed by atoms with Crippen molar-refractivity contribution in [2.24, 2.45) is 5.16 Å². The molecular formula is C17H17N3O3. The quantitative estimate of drug-likeness (QED) is 0.292. The fourth-order valence-electron chi connectivity index (χ4n) is 2.12. The molecule has 0 aliphatic rings. The molecule has 0 aliphatic carbocycles. The maximum absolute atomic E-state index is 10.7. The third-order valence-electron chi connectivity index (χ3n) is 3.03. The molecule has 2 rings (SSSR count). The van der Waals surface area contributed by atoms with Crippen molar-refractivity contribution in [1.29, 1.82) is 0 Å². The van der Waals surface area contributed by atoms with Gasteiger partial charge in [-0.2, -0.15) is 0 Å². The predicted octanol–water partition coefficient (Wildman–Crippen LogP) is 3.03. The molecule has 1 amide bonds. The van der Waals surface area contributed by atoms with E-state index in [2.05, 4.69) is 22.2 Å². The molecule has 0 fully saturated rings. The van der Waals surface area contributed by atoms with Crippen molar-refractivity contribution >= 4 is 28.7 Å². The number of oxime groups is 1. The Labute approximate surface area is 133 Å². The Morgan fingerprint density at radius 1 is 1.48 bits per heavy atom. The highest BCUT2D eigenvalue weighted by Crippen LogP contribution is 2.27. The molecular weight excluding hydrogens is 294 g/mol. The number of nitrogens with one attached hydrogen (secondary N) is 1. The van der Waals surface area contributed by atoms with Crippen LogP contribution in [0.3, 0.4) is 0 Å². The molecule has 0 aliphatic heterocycles. The number of benzene rings is 1. The highest BCUT2D eigenvalue weighted by atomic mass is 16.6. The fourth-order valence-corrected chi connectivity index (χ4v) is 2.12. The van der Waals surface area contributed by atoms with Crippen LogP contribution in [0.5, 0.6) is 0 Å². The first-order valence-corrected chi connectivity index (χ1v) is 6.92. The first-order chi connectivity index (χ1) is 11.2. The Morgan fingerprint density at radius 2 is 2.30 bits per heavy atom. The van der Waals surface area contributed by atoms with Crippen LogP contribution < -0.4 is 5.32 Å². The minimum absolute atomic E-state index is 0.303. The van der Waals surface area contributed by atoms with Crippen LogP contribution in [0.25, 0.3) is 16.5 Å². The van der Waals surface area contributed by atoms with E-state index in [0.717, 1.165) is 11.0 Å². The van der Waals surface area contributed by atoms with Crippen LogP contribution in [-0.2, 0) is 9.63 Å². The largest absolute Gasteiger partial charge is 0.397 e. The van der Waals surface area contributed by atoms with Crippen LogP contribution in [0.4, 0.5) is 0 Å². The molecule has 1 heterocycles. The maximum Gasteiger partial charge on any atom is 0.212 e. The van der Waals surface area contributed by atoms with Crippen molar-refractivity contribution in [3.63, 3.8) is 0 Å². The van der Waals surface area contributed by atoms with Gasteiger partial charge in [0.25, 0.3) is 0 Å². The molecule has 0 saturated heterocycles. The molecule has 6 nitrogen and oxygen atoms in total. The Morgan fingerprint density at radius 3 is 2.96 bits per heavy atom. The number of amidine groups is 1. The summed E-state index contributed by atoms with van der Waals surface area (Å²) in [5.41, 5.74) is 2.22. The minimum Gasteiger partial charge on any atom is -0.397 e. The van der Waals surface area contributed by atoms with E-state index in [1.54, 1.807) is 18.2 Å². The van der Waals surface area contributed by atoms with E-state index in [4.69, 9.17) is 9.36 Å². The van der Waals surface area contributed by atoms with Gasteiger partial charge < -0.3 is 14.7 Å². The molecule has 1 aromatic carbocycles. The topological polar surface area (TPSA) is 76.7 Å². The third kappa shape index (κ3) is 3.55. The zero-order valence-corrected chi connectivity index (χ0v) is 12.9. The van der Waals surface area contributed by atoms with Gasteiger partial charge in [0.1, 0.15) is 12.6 Å². The smallest absolute Gasteiger partial charge is 0.212 e. The van der Waals surface area contributed by atoms with Gasteiger partial charge in [-0.3, -0.25) is 4.79 Å². The van der Waals surface area contributed by atoms with Gasteiger partial charge in [0, 0.05) is 11.1 Å². The lowest BCUT2D eigenvalue weighted by atomic mass is 10.1. The standard InChI is InChI=1S/C17H17N3O3/c1-4-6-12(7-5-2)16-14-10-13(8-9-15(14)19-23-16)17(18-11-21)20-22-3/h4-11H,1H2,2-3H3,(H,18,20,21)/b7-5-,12-6+. The van der Waals surface area contributed by atoms with E-state index in [1.807, 2.05) is 31.2 Å². The minimum atomic E-state index is 0.303. The van der Waals surface area contributed by atoms with Crippen LogP contribution in [0.15, 0.2) is 58.8 Å². The first-order valence-electron chi connectivity index (χ1n) is 6.92. The second kappa shape index (κ2) is 7.74. The second-order valence-corrected chi connectivity index (χ2v) is 4.49. The van der Waals surface area contributed by atoms with Crippen molar-refractivity contribution < 1.29 is 14.2 Å². The Balaban J connectivity index is 2.60. The van der Waals surface area contributed by atoms with E-state index in [0.29, 0.717) is 29.1 Å². The second-order valence-electron chi connectivity index (χ2n) is 4.49. The van der Waals surface area contributed by atoms with E-state index >= 15 is 0 Å². The molecule has 2 aromatic rings. The Hall–Kier alpha value is -3.15. The van der Waals surface area contributed by atoms with E-state index in [1.165, 1.54) is 7.11 Å². The summed E-state index contributed by atoms with van der Waals surface area (Å²) in [7, 11) is 1.41. The summed E-state index contributed by atoms with van der Waals surface area (Å²) in [6.07, 6.45) is 7.86. The van der Waals surface area contributed by atoms with Crippen LogP contribution in [-0.4, -0.2) is 24.5 Å². The van der Waals surface area contributed by atoms with Gasteiger partial charge in [-0.25, -0.2) is 0 Å². The number of nitrogens with zero attached hydrogens (tertiary/aromatic N) is 2. The monoisotopic (exact) mass is 311 g/mol. The molecule has 0 bridgehead atoms. The number of hydrogen-bond donors (Lipinski definition) is 1. The summed E-state index contributed by atoms with van der Waals surface area (Å²) < 4.78 is 5.46. The summed E-state index contributed by atoms with van der Waals surface area (Å²) in [5.74, 6) is 0.916. The average Bonchev–Trinajstić information content (AvgIpc) is 2.97. The highest BCUT2D eigenvalue weighted by Gasteiger charge is 2.13. The number of amides is 1. The Bertz CT molecular complexity index is 801. The zero-order chi connectivity index (χ0) is 16.7. The van der Waals surface area contributed by atoms with Crippen molar-refractivity contribution in [2.45, 2.75) is 6.92 Å². The number of carbonyl (C=O) groups is 1. The van der Waals surface area contributed by atoms with E-state index < -0.39 is 0 Å². The molecule has 1 aromatic heterocycles. The number of allylic oxidation sites excluding steroid dienone is 5. The van der Waals surface area contributed by atoms with Crippen LogP contribution in [0.1, 0.15) is 18.2 Å². The maximum atomic E-state index is 10.7. The lowest BCUT2D eigenvalue weighted by Crippen LogP contribution is -2.22. The lowest BCUT2D eigenvalue weighted by Gasteiger charge is -2.04. The van der Waals surface area contributed by atoms with Crippen LogP contribution >= 0.6 is 0 Å². The zero-order valence-electron chi connectivity index (χ0n) is 12.9. The molecule has 1 N–H and O–H groups in total.